The Balaban J connectivity index is 2.17. The number of phenols is 1. The Kier molecular flexibility index (Phi) is 1.98. The number of nitrogens with zero attached hydrogens (tertiary/aromatic N) is 2. The molecular weight excluding hydrogens is 216 g/mol. The van der Waals surface area contributed by atoms with Crippen LogP contribution in [0, 0.1) is 0 Å². The highest BCUT2D eigenvalue weighted by Gasteiger charge is 2.07. The van der Waals surface area contributed by atoms with Crippen LogP contribution in [0.15, 0.2) is 36.5 Å². The van der Waals surface area contributed by atoms with E-state index in [1.54, 1.807) is 24.4 Å². The number of aromatic amines is 1. The summed E-state index contributed by atoms with van der Waals surface area (Å²) in [6.45, 7) is 0. The molecule has 0 spiro atoms. The fourth-order valence-electron chi connectivity index (χ4n) is 1.68. The summed E-state index contributed by atoms with van der Waals surface area (Å²) in [5.41, 5.74) is 8.32. The fraction of sp³-hybridized carbons (Fsp3) is 0. The summed E-state index contributed by atoms with van der Waals surface area (Å²) in [4.78, 5) is 11.6. The number of fused-ring (bicyclic) bond motifs is 1. The van der Waals surface area contributed by atoms with E-state index in [1.807, 2.05) is 12.1 Å². The third kappa shape index (κ3) is 1.57. The number of H-pyrrole nitrogens is 1. The topological polar surface area (TPSA) is 87.8 Å². The molecule has 0 saturated heterocycles. The second-order valence-corrected chi connectivity index (χ2v) is 3.73. The van der Waals surface area contributed by atoms with Gasteiger partial charge in [0.1, 0.15) is 11.6 Å². The van der Waals surface area contributed by atoms with E-state index in [4.69, 9.17) is 5.73 Å². The molecule has 0 aliphatic heterocycles. The molecule has 1 aromatic carbocycles. The van der Waals surface area contributed by atoms with Crippen LogP contribution in [0.4, 0.5) is 5.69 Å². The number of anilines is 1. The van der Waals surface area contributed by atoms with Gasteiger partial charge in [-0.15, -0.1) is 0 Å². The lowest BCUT2D eigenvalue weighted by atomic mass is 10.2. The highest BCUT2D eigenvalue weighted by molar-refractivity contribution is 5.77. The first-order valence-electron chi connectivity index (χ1n) is 5.13. The minimum absolute atomic E-state index is 0.0722. The number of pyridine rings is 1. The quantitative estimate of drug-likeness (QED) is 0.437. The van der Waals surface area contributed by atoms with Crippen LogP contribution in [0.5, 0.6) is 5.75 Å². The number of rotatable bonds is 1. The molecule has 0 atom stereocenters. The molecule has 84 valence electrons. The average Bonchev–Trinajstić information content (AvgIpc) is 2.76. The highest BCUT2D eigenvalue weighted by atomic mass is 16.3. The van der Waals surface area contributed by atoms with Crippen molar-refractivity contribution in [3.63, 3.8) is 0 Å². The Morgan fingerprint density at radius 1 is 1.24 bits per heavy atom. The van der Waals surface area contributed by atoms with Crippen LogP contribution in [0.1, 0.15) is 0 Å². The third-order valence-corrected chi connectivity index (χ3v) is 2.56. The van der Waals surface area contributed by atoms with Crippen molar-refractivity contribution in [2.75, 3.05) is 5.73 Å². The zero-order valence-electron chi connectivity index (χ0n) is 8.88. The number of benzene rings is 1. The molecule has 0 radical (unpaired) electrons. The van der Waals surface area contributed by atoms with Crippen molar-refractivity contribution in [3.8, 4) is 17.1 Å². The van der Waals surface area contributed by atoms with Crippen molar-refractivity contribution in [2.45, 2.75) is 0 Å². The predicted molar refractivity (Wildman–Crippen MR) is 65.4 cm³/mol. The van der Waals surface area contributed by atoms with E-state index in [1.165, 1.54) is 0 Å². The molecule has 5 heteroatoms. The molecule has 2 aromatic heterocycles. The average molecular weight is 226 g/mol. The Bertz CT molecular complexity index is 657. The van der Waals surface area contributed by atoms with Crippen molar-refractivity contribution in [2.24, 2.45) is 0 Å². The lowest BCUT2D eigenvalue weighted by molar-refractivity contribution is 0.478. The maximum absolute atomic E-state index is 9.36. The zero-order valence-corrected chi connectivity index (χ0v) is 8.88. The number of hydrogen-bond donors (Lipinski definition) is 3. The van der Waals surface area contributed by atoms with Crippen molar-refractivity contribution >= 4 is 16.9 Å². The molecule has 3 rings (SSSR count). The standard InChI is InChI=1S/C12H10N4O/c13-8-6-7(3-4-10(8)17)11-15-9-2-1-5-14-12(9)16-11/h1-6,17H,13H2,(H,14,15,16). The molecule has 0 fully saturated rings. The lowest BCUT2D eigenvalue weighted by Gasteiger charge is -2.00. The molecule has 0 saturated carbocycles. The van der Waals surface area contributed by atoms with E-state index < -0.39 is 0 Å². The molecule has 0 aliphatic rings. The maximum atomic E-state index is 9.36. The SMILES string of the molecule is Nc1cc(-c2nc3ncccc3[nH]2)ccc1O. The Morgan fingerprint density at radius 3 is 2.88 bits per heavy atom. The smallest absolute Gasteiger partial charge is 0.178 e. The Hall–Kier alpha value is -2.56. The minimum atomic E-state index is 0.0722. The molecule has 17 heavy (non-hydrogen) atoms. The molecule has 4 N–H and O–H groups in total. The largest absolute Gasteiger partial charge is 0.506 e. The number of aromatic hydroxyl groups is 1. The molecule has 0 aliphatic carbocycles. The van der Waals surface area contributed by atoms with Crippen LogP contribution in [-0.4, -0.2) is 20.1 Å². The van der Waals surface area contributed by atoms with E-state index in [0.717, 1.165) is 11.1 Å². The van der Waals surface area contributed by atoms with Gasteiger partial charge in [0.25, 0.3) is 0 Å². The Labute approximate surface area is 97.0 Å². The lowest BCUT2D eigenvalue weighted by Crippen LogP contribution is -1.87. The van der Waals surface area contributed by atoms with E-state index >= 15 is 0 Å². The second-order valence-electron chi connectivity index (χ2n) is 3.73. The number of nitrogens with two attached hydrogens (primary N) is 1. The summed E-state index contributed by atoms with van der Waals surface area (Å²) in [6, 6.07) is 8.72. The molecular formula is C12H10N4O. The summed E-state index contributed by atoms with van der Waals surface area (Å²) in [7, 11) is 0. The zero-order chi connectivity index (χ0) is 11.8. The van der Waals surface area contributed by atoms with Crippen LogP contribution in [-0.2, 0) is 0 Å². The van der Waals surface area contributed by atoms with Gasteiger partial charge in [0.2, 0.25) is 0 Å². The monoisotopic (exact) mass is 226 g/mol. The van der Waals surface area contributed by atoms with E-state index in [0.29, 0.717) is 17.2 Å². The Morgan fingerprint density at radius 2 is 2.12 bits per heavy atom. The molecule has 0 unspecified atom stereocenters. The molecule has 3 aromatic rings. The van der Waals surface area contributed by atoms with Gasteiger partial charge in [-0.3, -0.25) is 0 Å². The van der Waals surface area contributed by atoms with Crippen molar-refractivity contribution in [3.05, 3.63) is 36.5 Å². The normalized spacial score (nSPS) is 10.8. The van der Waals surface area contributed by atoms with Gasteiger partial charge in [0, 0.05) is 11.8 Å². The number of nitrogen functional groups attached to an aromatic ring is 1. The van der Waals surface area contributed by atoms with E-state index in [2.05, 4.69) is 15.0 Å². The van der Waals surface area contributed by atoms with Crippen LogP contribution in [0.2, 0.25) is 0 Å². The van der Waals surface area contributed by atoms with Crippen molar-refractivity contribution in [1.29, 1.82) is 0 Å². The van der Waals surface area contributed by atoms with Crippen LogP contribution in [0.3, 0.4) is 0 Å². The first-order valence-corrected chi connectivity index (χ1v) is 5.13. The van der Waals surface area contributed by atoms with Crippen molar-refractivity contribution in [1.82, 2.24) is 15.0 Å². The summed E-state index contributed by atoms with van der Waals surface area (Å²) < 4.78 is 0. The van der Waals surface area contributed by atoms with E-state index in [9.17, 15) is 5.11 Å². The van der Waals surface area contributed by atoms with Gasteiger partial charge < -0.3 is 15.8 Å². The summed E-state index contributed by atoms with van der Waals surface area (Å²) >= 11 is 0. The van der Waals surface area contributed by atoms with Gasteiger partial charge in [0.15, 0.2) is 5.65 Å². The summed E-state index contributed by atoms with van der Waals surface area (Å²) in [5.74, 6) is 0.758. The molecule has 2 heterocycles. The molecule has 0 bridgehead atoms. The van der Waals surface area contributed by atoms with Crippen molar-refractivity contribution < 1.29 is 5.11 Å². The number of hydrogen-bond acceptors (Lipinski definition) is 4. The van der Waals surface area contributed by atoms with Crippen LogP contribution < -0.4 is 5.73 Å². The summed E-state index contributed by atoms with van der Waals surface area (Å²) in [5, 5.41) is 9.36. The first kappa shape index (κ1) is 9.65. The van der Waals surface area contributed by atoms with Crippen LogP contribution in [0.25, 0.3) is 22.6 Å². The predicted octanol–water partition coefficient (Wildman–Crippen LogP) is 1.91. The number of phenolic OH excluding ortho intramolecular Hbond substituents is 1. The van der Waals surface area contributed by atoms with Gasteiger partial charge >= 0.3 is 0 Å². The summed E-state index contributed by atoms with van der Waals surface area (Å²) in [6.07, 6.45) is 1.69. The van der Waals surface area contributed by atoms with Gasteiger partial charge in [0.05, 0.1) is 11.2 Å². The van der Waals surface area contributed by atoms with Gasteiger partial charge in [-0.2, -0.15) is 0 Å². The van der Waals surface area contributed by atoms with Gasteiger partial charge in [-0.25, -0.2) is 9.97 Å². The van der Waals surface area contributed by atoms with Crippen LogP contribution >= 0.6 is 0 Å². The number of imidazole rings is 1. The second kappa shape index (κ2) is 3.48. The van der Waals surface area contributed by atoms with Gasteiger partial charge in [-0.05, 0) is 30.3 Å². The first-order chi connectivity index (χ1) is 8.24. The third-order valence-electron chi connectivity index (χ3n) is 2.56. The number of nitrogens with one attached hydrogen (secondary N) is 1. The van der Waals surface area contributed by atoms with E-state index in [-0.39, 0.29) is 5.75 Å². The fourth-order valence-corrected chi connectivity index (χ4v) is 1.68. The molecule has 5 nitrogen and oxygen atoms in total. The van der Waals surface area contributed by atoms with Gasteiger partial charge in [-0.1, -0.05) is 0 Å². The highest BCUT2D eigenvalue weighted by Crippen LogP contribution is 2.26. The maximum Gasteiger partial charge on any atom is 0.178 e. The molecule has 0 amide bonds. The minimum Gasteiger partial charge on any atom is -0.506 e. The number of aromatic nitrogens is 3.